The van der Waals surface area contributed by atoms with E-state index in [0.29, 0.717) is 23.0 Å². The summed E-state index contributed by atoms with van der Waals surface area (Å²) in [6.45, 7) is 2.04. The Morgan fingerprint density at radius 2 is 1.69 bits per heavy atom. The van der Waals surface area contributed by atoms with E-state index in [1.807, 2.05) is 43.3 Å². The molecule has 1 aromatic heterocycles. The first kappa shape index (κ1) is 18.0. The molecular formula is C19H20N4O2S. The van der Waals surface area contributed by atoms with Crippen molar-refractivity contribution in [3.05, 3.63) is 81.3 Å². The number of thioether (sulfide) groups is 1. The van der Waals surface area contributed by atoms with Crippen LogP contribution in [-0.2, 0) is 12.2 Å². The van der Waals surface area contributed by atoms with Crippen molar-refractivity contribution >= 4 is 11.8 Å². The van der Waals surface area contributed by atoms with Crippen LogP contribution in [0, 0.1) is 6.92 Å². The topological polar surface area (TPSA) is 83.0 Å². The number of aryl methyl sites for hydroxylation is 1. The molecule has 0 fully saturated rings. The van der Waals surface area contributed by atoms with Crippen LogP contribution < -0.4 is 16.1 Å². The molecule has 0 amide bonds. The van der Waals surface area contributed by atoms with Crippen LogP contribution in [0.2, 0.25) is 0 Å². The maximum Gasteiger partial charge on any atom is 0.294 e. The number of ether oxygens (including phenoxy) is 1. The molecule has 0 bridgehead atoms. The molecule has 0 saturated carbocycles. The Kier molecular flexibility index (Phi) is 5.58. The minimum absolute atomic E-state index is 0.317. The lowest BCUT2D eigenvalue weighted by Crippen LogP contribution is -2.33. The summed E-state index contributed by atoms with van der Waals surface area (Å²) < 4.78 is 6.21. The van der Waals surface area contributed by atoms with Crippen LogP contribution in [0.25, 0.3) is 0 Å². The second-order valence-corrected chi connectivity index (χ2v) is 6.85. The van der Waals surface area contributed by atoms with Crippen LogP contribution >= 0.6 is 11.8 Å². The molecule has 7 heteroatoms. The van der Waals surface area contributed by atoms with Gasteiger partial charge in [-0.1, -0.05) is 53.7 Å². The van der Waals surface area contributed by atoms with Gasteiger partial charge in [0.1, 0.15) is 11.4 Å². The largest absolute Gasteiger partial charge is 0.497 e. The van der Waals surface area contributed by atoms with Gasteiger partial charge in [0.2, 0.25) is 5.16 Å². The standard InChI is InChI=1S/C19H20N4O2S/c1-13-3-5-15(6-4-13)12-26-19-22-21-17(18(24)23(19)20)11-14-7-9-16(25-2)10-8-14/h3-10H,11-12,20H2,1-2H3. The second-order valence-electron chi connectivity index (χ2n) is 5.90. The summed E-state index contributed by atoms with van der Waals surface area (Å²) in [6.07, 6.45) is 0.371. The minimum atomic E-state index is -0.331. The lowest BCUT2D eigenvalue weighted by Gasteiger charge is -2.08. The highest BCUT2D eigenvalue weighted by molar-refractivity contribution is 7.98. The summed E-state index contributed by atoms with van der Waals surface area (Å²) in [7, 11) is 1.61. The number of nitrogens with zero attached hydrogens (tertiary/aromatic N) is 3. The molecule has 26 heavy (non-hydrogen) atoms. The fraction of sp³-hybridized carbons (Fsp3) is 0.211. The zero-order valence-electron chi connectivity index (χ0n) is 14.7. The summed E-state index contributed by atoms with van der Waals surface area (Å²) in [4.78, 5) is 12.5. The summed E-state index contributed by atoms with van der Waals surface area (Å²) in [5.41, 5.74) is 3.27. The predicted molar refractivity (Wildman–Crippen MR) is 103 cm³/mol. The van der Waals surface area contributed by atoms with Crippen LogP contribution in [0.15, 0.2) is 58.5 Å². The number of rotatable bonds is 6. The summed E-state index contributed by atoms with van der Waals surface area (Å²) in [6, 6.07) is 15.7. The van der Waals surface area contributed by atoms with Gasteiger partial charge in [-0.25, -0.2) is 0 Å². The normalized spacial score (nSPS) is 10.7. The molecule has 6 nitrogen and oxygen atoms in total. The van der Waals surface area contributed by atoms with Gasteiger partial charge < -0.3 is 10.6 Å². The Balaban J connectivity index is 1.73. The Morgan fingerprint density at radius 1 is 1.04 bits per heavy atom. The molecule has 3 aromatic rings. The molecular weight excluding hydrogens is 348 g/mol. The van der Waals surface area contributed by atoms with E-state index in [1.54, 1.807) is 7.11 Å². The van der Waals surface area contributed by atoms with E-state index < -0.39 is 0 Å². The fourth-order valence-electron chi connectivity index (χ4n) is 2.40. The molecule has 0 aliphatic rings. The van der Waals surface area contributed by atoms with Crippen molar-refractivity contribution in [2.24, 2.45) is 0 Å². The highest BCUT2D eigenvalue weighted by Crippen LogP contribution is 2.19. The van der Waals surface area contributed by atoms with Crippen LogP contribution in [0.1, 0.15) is 22.4 Å². The Bertz CT molecular complexity index is 937. The average molecular weight is 368 g/mol. The first-order valence-corrected chi connectivity index (χ1v) is 9.10. The van der Waals surface area contributed by atoms with Crippen molar-refractivity contribution in [3.63, 3.8) is 0 Å². The summed E-state index contributed by atoms with van der Waals surface area (Å²) in [5.74, 6) is 7.36. The van der Waals surface area contributed by atoms with Crippen LogP contribution in [0.4, 0.5) is 0 Å². The minimum Gasteiger partial charge on any atom is -0.497 e. The Hall–Kier alpha value is -2.80. The Labute approximate surface area is 156 Å². The maximum absolute atomic E-state index is 12.5. The molecule has 0 aliphatic carbocycles. The van der Waals surface area contributed by atoms with E-state index in [4.69, 9.17) is 10.6 Å². The number of aromatic nitrogens is 3. The van der Waals surface area contributed by atoms with E-state index in [-0.39, 0.29) is 5.56 Å². The van der Waals surface area contributed by atoms with E-state index in [9.17, 15) is 4.79 Å². The molecule has 0 atom stereocenters. The molecule has 1 heterocycles. The highest BCUT2D eigenvalue weighted by Gasteiger charge is 2.11. The van der Waals surface area contributed by atoms with Crippen molar-refractivity contribution in [2.45, 2.75) is 24.3 Å². The molecule has 0 radical (unpaired) electrons. The van der Waals surface area contributed by atoms with Gasteiger partial charge in [0.05, 0.1) is 7.11 Å². The van der Waals surface area contributed by atoms with Gasteiger partial charge in [-0.2, -0.15) is 4.68 Å². The molecule has 0 saturated heterocycles. The second kappa shape index (κ2) is 8.05. The third kappa shape index (κ3) is 4.23. The number of hydrogen-bond acceptors (Lipinski definition) is 6. The van der Waals surface area contributed by atoms with Crippen molar-refractivity contribution in [3.8, 4) is 5.75 Å². The smallest absolute Gasteiger partial charge is 0.294 e. The predicted octanol–water partition coefficient (Wildman–Crippen LogP) is 2.55. The molecule has 0 aliphatic heterocycles. The quantitative estimate of drug-likeness (QED) is 0.532. The van der Waals surface area contributed by atoms with Crippen molar-refractivity contribution in [1.82, 2.24) is 14.9 Å². The van der Waals surface area contributed by atoms with Gasteiger partial charge in [0, 0.05) is 12.2 Å². The highest BCUT2D eigenvalue weighted by atomic mass is 32.2. The van der Waals surface area contributed by atoms with Gasteiger partial charge in [0.15, 0.2) is 0 Å². The Morgan fingerprint density at radius 3 is 2.35 bits per heavy atom. The lowest BCUT2D eigenvalue weighted by molar-refractivity contribution is 0.414. The molecule has 0 spiro atoms. The van der Waals surface area contributed by atoms with Crippen molar-refractivity contribution in [1.29, 1.82) is 0 Å². The number of nitrogens with two attached hydrogens (primary N) is 1. The van der Waals surface area contributed by atoms with E-state index in [2.05, 4.69) is 22.3 Å². The van der Waals surface area contributed by atoms with E-state index >= 15 is 0 Å². The van der Waals surface area contributed by atoms with Crippen molar-refractivity contribution < 1.29 is 4.74 Å². The van der Waals surface area contributed by atoms with Gasteiger partial charge in [-0.15, -0.1) is 10.2 Å². The first-order chi connectivity index (χ1) is 12.6. The van der Waals surface area contributed by atoms with Gasteiger partial charge >= 0.3 is 0 Å². The van der Waals surface area contributed by atoms with Crippen LogP contribution in [0.5, 0.6) is 5.75 Å². The fourth-order valence-corrected chi connectivity index (χ4v) is 3.21. The van der Waals surface area contributed by atoms with Gasteiger partial charge in [-0.05, 0) is 30.2 Å². The lowest BCUT2D eigenvalue weighted by atomic mass is 10.1. The average Bonchev–Trinajstić information content (AvgIpc) is 2.67. The number of nitrogen functional groups attached to an aromatic ring is 1. The van der Waals surface area contributed by atoms with Crippen molar-refractivity contribution in [2.75, 3.05) is 13.0 Å². The SMILES string of the molecule is COc1ccc(Cc2nnc(SCc3ccc(C)cc3)n(N)c2=O)cc1. The van der Waals surface area contributed by atoms with E-state index in [0.717, 1.165) is 21.6 Å². The summed E-state index contributed by atoms with van der Waals surface area (Å²) in [5, 5.41) is 8.61. The van der Waals surface area contributed by atoms with Gasteiger partial charge in [-0.3, -0.25) is 4.79 Å². The van der Waals surface area contributed by atoms with Crippen LogP contribution in [-0.4, -0.2) is 22.0 Å². The van der Waals surface area contributed by atoms with Gasteiger partial charge in [0.25, 0.3) is 5.56 Å². The maximum atomic E-state index is 12.5. The molecule has 0 unspecified atom stereocenters. The summed E-state index contributed by atoms with van der Waals surface area (Å²) >= 11 is 1.39. The zero-order chi connectivity index (χ0) is 18.5. The number of hydrogen-bond donors (Lipinski definition) is 1. The monoisotopic (exact) mass is 368 g/mol. The zero-order valence-corrected chi connectivity index (χ0v) is 15.5. The van der Waals surface area contributed by atoms with E-state index in [1.165, 1.54) is 17.3 Å². The third-order valence-corrected chi connectivity index (χ3v) is 4.96. The molecule has 134 valence electrons. The number of benzene rings is 2. The number of methoxy groups -OCH3 is 1. The van der Waals surface area contributed by atoms with Crippen LogP contribution in [0.3, 0.4) is 0 Å². The third-order valence-electron chi connectivity index (χ3n) is 3.95. The molecule has 3 rings (SSSR count). The first-order valence-electron chi connectivity index (χ1n) is 8.12. The molecule has 2 N–H and O–H groups in total. The molecule has 2 aromatic carbocycles.